The van der Waals surface area contributed by atoms with Gasteiger partial charge in [-0.3, -0.25) is 4.79 Å². The summed E-state index contributed by atoms with van der Waals surface area (Å²) in [4.78, 5) is 11.9. The summed E-state index contributed by atoms with van der Waals surface area (Å²) in [6.07, 6.45) is 2.19. The predicted octanol–water partition coefficient (Wildman–Crippen LogP) is 3.44. The number of carbonyl (C=O) groups excluding carboxylic acids is 1. The van der Waals surface area contributed by atoms with Crippen molar-refractivity contribution in [1.29, 1.82) is 0 Å². The van der Waals surface area contributed by atoms with Crippen LogP contribution >= 0.6 is 11.6 Å². The molecule has 1 amide bonds. The SMILES string of the molecule is COc1ccc(NC(=O)CCC(C)(C)CCN)cc1Cl. The fourth-order valence-corrected chi connectivity index (χ4v) is 2.19. The van der Waals surface area contributed by atoms with Crippen LogP contribution in [0.4, 0.5) is 5.69 Å². The molecule has 0 aliphatic carbocycles. The normalized spacial score (nSPS) is 11.2. The molecule has 0 bridgehead atoms. The second-order valence-electron chi connectivity index (χ2n) is 5.60. The number of halogens is 1. The molecule has 0 aliphatic heterocycles. The summed E-state index contributed by atoms with van der Waals surface area (Å²) >= 11 is 6.01. The Morgan fingerprint density at radius 1 is 1.40 bits per heavy atom. The van der Waals surface area contributed by atoms with E-state index in [1.807, 2.05) is 0 Å². The van der Waals surface area contributed by atoms with Gasteiger partial charge in [0.15, 0.2) is 0 Å². The molecule has 5 heteroatoms. The molecule has 0 spiro atoms. The number of methoxy groups -OCH3 is 1. The van der Waals surface area contributed by atoms with Gasteiger partial charge in [-0.2, -0.15) is 0 Å². The summed E-state index contributed by atoms with van der Waals surface area (Å²) in [5.41, 5.74) is 6.33. The molecule has 3 N–H and O–H groups in total. The van der Waals surface area contributed by atoms with E-state index in [4.69, 9.17) is 22.1 Å². The van der Waals surface area contributed by atoms with Gasteiger partial charge in [0.2, 0.25) is 5.91 Å². The average molecular weight is 299 g/mol. The summed E-state index contributed by atoms with van der Waals surface area (Å²) in [5.74, 6) is 0.574. The van der Waals surface area contributed by atoms with E-state index in [1.165, 1.54) is 0 Å². The molecule has 4 nitrogen and oxygen atoms in total. The molecule has 0 aliphatic rings. The van der Waals surface area contributed by atoms with E-state index in [-0.39, 0.29) is 11.3 Å². The third kappa shape index (κ3) is 5.39. The number of hydrogen-bond acceptors (Lipinski definition) is 3. The number of amides is 1. The lowest BCUT2D eigenvalue weighted by Crippen LogP contribution is -2.20. The Bertz CT molecular complexity index is 461. The molecule has 1 aromatic rings. The highest BCUT2D eigenvalue weighted by atomic mass is 35.5. The molecular formula is C15H23ClN2O2. The molecular weight excluding hydrogens is 276 g/mol. The van der Waals surface area contributed by atoms with Gasteiger partial charge in [0.1, 0.15) is 5.75 Å². The van der Waals surface area contributed by atoms with Crippen molar-refractivity contribution in [3.8, 4) is 5.75 Å². The van der Waals surface area contributed by atoms with Crippen molar-refractivity contribution in [3.63, 3.8) is 0 Å². The van der Waals surface area contributed by atoms with E-state index in [2.05, 4.69) is 19.2 Å². The first-order valence-corrected chi connectivity index (χ1v) is 7.09. The number of ether oxygens (including phenoxy) is 1. The zero-order valence-corrected chi connectivity index (χ0v) is 13.1. The van der Waals surface area contributed by atoms with Gasteiger partial charge in [0.05, 0.1) is 12.1 Å². The van der Waals surface area contributed by atoms with E-state index >= 15 is 0 Å². The van der Waals surface area contributed by atoms with E-state index in [0.29, 0.717) is 29.4 Å². The lowest BCUT2D eigenvalue weighted by molar-refractivity contribution is -0.116. The van der Waals surface area contributed by atoms with E-state index < -0.39 is 0 Å². The summed E-state index contributed by atoms with van der Waals surface area (Å²) in [5, 5.41) is 3.32. The topological polar surface area (TPSA) is 64.3 Å². The van der Waals surface area contributed by atoms with E-state index in [1.54, 1.807) is 25.3 Å². The minimum Gasteiger partial charge on any atom is -0.495 e. The van der Waals surface area contributed by atoms with Crippen LogP contribution in [0, 0.1) is 5.41 Å². The first-order valence-electron chi connectivity index (χ1n) is 6.71. The van der Waals surface area contributed by atoms with Gasteiger partial charge < -0.3 is 15.8 Å². The zero-order chi connectivity index (χ0) is 15.2. The average Bonchev–Trinajstić information content (AvgIpc) is 2.37. The monoisotopic (exact) mass is 298 g/mol. The highest BCUT2D eigenvalue weighted by molar-refractivity contribution is 6.32. The summed E-state index contributed by atoms with van der Waals surface area (Å²) < 4.78 is 5.07. The van der Waals surface area contributed by atoms with Gasteiger partial charge in [-0.15, -0.1) is 0 Å². The molecule has 0 radical (unpaired) electrons. The number of nitrogens with two attached hydrogens (primary N) is 1. The standard InChI is InChI=1S/C15H23ClN2O2/c1-15(2,8-9-17)7-6-14(19)18-11-4-5-13(20-3)12(16)10-11/h4-5,10H,6-9,17H2,1-3H3,(H,18,19). The van der Waals surface area contributed by atoms with Crippen LogP contribution < -0.4 is 15.8 Å². The Balaban J connectivity index is 2.52. The molecule has 0 saturated carbocycles. The maximum absolute atomic E-state index is 11.9. The first kappa shape index (κ1) is 16.8. The van der Waals surface area contributed by atoms with Gasteiger partial charge >= 0.3 is 0 Å². The van der Waals surface area contributed by atoms with E-state index in [0.717, 1.165) is 12.8 Å². The maximum Gasteiger partial charge on any atom is 0.224 e. The first-order chi connectivity index (χ1) is 9.38. The summed E-state index contributed by atoms with van der Waals surface area (Å²) in [7, 11) is 1.55. The summed E-state index contributed by atoms with van der Waals surface area (Å²) in [6, 6.07) is 5.19. The molecule has 0 saturated heterocycles. The Hall–Kier alpha value is -1.26. The van der Waals surface area contributed by atoms with Gasteiger partial charge in [-0.1, -0.05) is 25.4 Å². The molecule has 20 heavy (non-hydrogen) atoms. The summed E-state index contributed by atoms with van der Waals surface area (Å²) in [6.45, 7) is 4.89. The predicted molar refractivity (Wildman–Crippen MR) is 83.3 cm³/mol. The van der Waals surface area contributed by atoms with Gasteiger partial charge in [-0.25, -0.2) is 0 Å². The van der Waals surface area contributed by atoms with Crippen LogP contribution in [-0.4, -0.2) is 19.6 Å². The maximum atomic E-state index is 11.9. The van der Waals surface area contributed by atoms with Crippen LogP contribution in [0.3, 0.4) is 0 Å². The lowest BCUT2D eigenvalue weighted by atomic mass is 9.84. The molecule has 1 rings (SSSR count). The van der Waals surface area contributed by atoms with Crippen LogP contribution in [0.25, 0.3) is 0 Å². The molecule has 0 fully saturated rings. The van der Waals surface area contributed by atoms with Gasteiger partial charge in [0.25, 0.3) is 0 Å². The number of benzene rings is 1. The van der Waals surface area contributed by atoms with Crippen molar-refractivity contribution in [3.05, 3.63) is 23.2 Å². The van der Waals surface area contributed by atoms with Crippen molar-refractivity contribution in [2.45, 2.75) is 33.1 Å². The van der Waals surface area contributed by atoms with Crippen molar-refractivity contribution >= 4 is 23.2 Å². The van der Waals surface area contributed by atoms with E-state index in [9.17, 15) is 4.79 Å². The highest BCUT2D eigenvalue weighted by Crippen LogP contribution is 2.28. The van der Waals surface area contributed by atoms with Crippen molar-refractivity contribution in [2.75, 3.05) is 19.0 Å². The van der Waals surface area contributed by atoms with Crippen molar-refractivity contribution in [1.82, 2.24) is 0 Å². The quantitative estimate of drug-likeness (QED) is 0.810. The second-order valence-corrected chi connectivity index (χ2v) is 6.01. The minimum absolute atomic E-state index is 0.0173. The molecule has 0 unspecified atom stereocenters. The number of hydrogen-bond donors (Lipinski definition) is 2. The van der Waals surface area contributed by atoms with Crippen molar-refractivity contribution in [2.24, 2.45) is 11.1 Å². The van der Waals surface area contributed by atoms with Gasteiger partial charge in [0, 0.05) is 12.1 Å². The van der Waals surface area contributed by atoms with Crippen LogP contribution in [-0.2, 0) is 4.79 Å². The number of rotatable bonds is 7. The fraction of sp³-hybridized carbons (Fsp3) is 0.533. The largest absolute Gasteiger partial charge is 0.495 e. The Morgan fingerprint density at radius 3 is 2.65 bits per heavy atom. The van der Waals surface area contributed by atoms with Crippen LogP contribution in [0.5, 0.6) is 5.75 Å². The minimum atomic E-state index is -0.0173. The fourth-order valence-electron chi connectivity index (χ4n) is 1.94. The third-order valence-electron chi connectivity index (χ3n) is 3.29. The molecule has 0 aromatic heterocycles. The third-order valence-corrected chi connectivity index (χ3v) is 3.58. The number of nitrogens with one attached hydrogen (secondary N) is 1. The van der Waals surface area contributed by atoms with Crippen LogP contribution in [0.15, 0.2) is 18.2 Å². The number of carbonyl (C=O) groups is 1. The van der Waals surface area contributed by atoms with Crippen LogP contribution in [0.2, 0.25) is 5.02 Å². The molecule has 0 atom stereocenters. The lowest BCUT2D eigenvalue weighted by Gasteiger charge is -2.23. The molecule has 1 aromatic carbocycles. The Morgan fingerprint density at radius 2 is 2.10 bits per heavy atom. The second kappa shape index (κ2) is 7.50. The molecule has 0 heterocycles. The van der Waals surface area contributed by atoms with Crippen LogP contribution in [0.1, 0.15) is 33.1 Å². The number of anilines is 1. The van der Waals surface area contributed by atoms with Gasteiger partial charge in [-0.05, 0) is 43.0 Å². The van der Waals surface area contributed by atoms with Crippen molar-refractivity contribution < 1.29 is 9.53 Å². The Kier molecular flexibility index (Phi) is 6.30. The molecule has 112 valence electrons. The highest BCUT2D eigenvalue weighted by Gasteiger charge is 2.18. The smallest absolute Gasteiger partial charge is 0.224 e. The Labute approximate surface area is 125 Å². The zero-order valence-electron chi connectivity index (χ0n) is 12.3.